The highest BCUT2D eigenvalue weighted by molar-refractivity contribution is 5.94. The van der Waals surface area contributed by atoms with Crippen molar-refractivity contribution in [3.8, 4) is 0 Å². The van der Waals surface area contributed by atoms with E-state index in [1.165, 1.54) is 37.1 Å². The van der Waals surface area contributed by atoms with Gasteiger partial charge in [0.25, 0.3) is 11.6 Å². The van der Waals surface area contributed by atoms with Gasteiger partial charge in [0.1, 0.15) is 0 Å². The summed E-state index contributed by atoms with van der Waals surface area (Å²) in [5.74, 6) is -0.0215. The Morgan fingerprint density at radius 2 is 1.61 bits per heavy atom. The van der Waals surface area contributed by atoms with Crippen LogP contribution in [-0.2, 0) is 0 Å². The van der Waals surface area contributed by atoms with Crippen LogP contribution in [0.5, 0.6) is 0 Å². The first kappa shape index (κ1) is 12.5. The van der Waals surface area contributed by atoms with Crippen LogP contribution in [0.4, 0.5) is 5.69 Å². The molecule has 0 aliphatic carbocycles. The molecule has 0 radical (unpaired) electrons. The number of non-ortho nitro benzene ring substituents is 1. The van der Waals surface area contributed by atoms with Gasteiger partial charge < -0.3 is 4.90 Å². The van der Waals surface area contributed by atoms with Gasteiger partial charge in [-0.2, -0.15) is 0 Å². The lowest BCUT2D eigenvalue weighted by molar-refractivity contribution is -0.384. The topological polar surface area (TPSA) is 63.4 Å². The van der Waals surface area contributed by atoms with E-state index in [0.29, 0.717) is 5.56 Å². The molecule has 1 heterocycles. The Balaban J connectivity index is 2.10. The molecule has 0 unspecified atom stereocenters. The number of benzene rings is 1. The molecule has 0 saturated carbocycles. The summed E-state index contributed by atoms with van der Waals surface area (Å²) in [5.41, 5.74) is 0.546. The molecule has 2 rings (SSSR count). The first-order chi connectivity index (χ1) is 8.68. The molecule has 1 aliphatic rings. The third-order valence-corrected chi connectivity index (χ3v) is 3.22. The highest BCUT2D eigenvalue weighted by Gasteiger charge is 2.17. The van der Waals surface area contributed by atoms with Crippen molar-refractivity contribution in [2.45, 2.75) is 25.7 Å². The second-order valence-corrected chi connectivity index (χ2v) is 4.51. The van der Waals surface area contributed by atoms with Crippen LogP contribution in [-0.4, -0.2) is 28.8 Å². The molecule has 1 aromatic carbocycles. The molecule has 0 bridgehead atoms. The van der Waals surface area contributed by atoms with Crippen LogP contribution < -0.4 is 0 Å². The van der Waals surface area contributed by atoms with Crippen LogP contribution in [0.15, 0.2) is 24.3 Å². The maximum Gasteiger partial charge on any atom is 0.269 e. The molecular weight excluding hydrogens is 232 g/mol. The highest BCUT2D eigenvalue weighted by atomic mass is 16.6. The van der Waals surface area contributed by atoms with Gasteiger partial charge in [-0.15, -0.1) is 0 Å². The zero-order chi connectivity index (χ0) is 13.0. The lowest BCUT2D eigenvalue weighted by Crippen LogP contribution is -2.31. The fraction of sp³-hybridized carbons (Fsp3) is 0.462. The number of nitro groups is 1. The van der Waals surface area contributed by atoms with Crippen LogP contribution in [0.2, 0.25) is 0 Å². The van der Waals surface area contributed by atoms with E-state index >= 15 is 0 Å². The van der Waals surface area contributed by atoms with Gasteiger partial charge in [0.15, 0.2) is 0 Å². The van der Waals surface area contributed by atoms with Gasteiger partial charge in [0, 0.05) is 30.8 Å². The predicted octanol–water partition coefficient (Wildman–Crippen LogP) is 2.61. The molecule has 0 aromatic heterocycles. The Bertz CT molecular complexity index is 434. The Morgan fingerprint density at radius 1 is 1.06 bits per heavy atom. The average molecular weight is 248 g/mol. The molecule has 0 spiro atoms. The van der Waals surface area contributed by atoms with Gasteiger partial charge >= 0.3 is 0 Å². The number of carbonyl (C=O) groups is 1. The smallest absolute Gasteiger partial charge is 0.269 e. The van der Waals surface area contributed by atoms with Crippen molar-refractivity contribution in [2.75, 3.05) is 13.1 Å². The first-order valence-corrected chi connectivity index (χ1v) is 6.22. The SMILES string of the molecule is O=C(c1ccc([N+](=O)[O-])cc1)N1CCCCCC1. The maximum atomic E-state index is 12.2. The zero-order valence-electron chi connectivity index (χ0n) is 10.2. The molecule has 96 valence electrons. The van der Waals surface area contributed by atoms with Crippen molar-refractivity contribution >= 4 is 11.6 Å². The van der Waals surface area contributed by atoms with Crippen molar-refractivity contribution in [1.29, 1.82) is 0 Å². The van der Waals surface area contributed by atoms with Crippen LogP contribution in [0.3, 0.4) is 0 Å². The minimum Gasteiger partial charge on any atom is -0.339 e. The molecule has 1 aromatic rings. The Hall–Kier alpha value is -1.91. The van der Waals surface area contributed by atoms with Crippen LogP contribution in [0.25, 0.3) is 0 Å². The fourth-order valence-corrected chi connectivity index (χ4v) is 2.18. The molecule has 1 aliphatic heterocycles. The Labute approximate surface area is 106 Å². The lowest BCUT2D eigenvalue weighted by atomic mass is 10.2. The van der Waals surface area contributed by atoms with Gasteiger partial charge in [0.2, 0.25) is 0 Å². The summed E-state index contributed by atoms with van der Waals surface area (Å²) in [6.07, 6.45) is 4.42. The van der Waals surface area contributed by atoms with E-state index in [2.05, 4.69) is 0 Å². The highest BCUT2D eigenvalue weighted by Crippen LogP contribution is 2.16. The minimum atomic E-state index is -0.458. The second kappa shape index (κ2) is 5.62. The zero-order valence-corrected chi connectivity index (χ0v) is 10.2. The number of amides is 1. The van der Waals surface area contributed by atoms with E-state index in [1.54, 1.807) is 0 Å². The molecule has 18 heavy (non-hydrogen) atoms. The third-order valence-electron chi connectivity index (χ3n) is 3.22. The minimum absolute atomic E-state index is 0.0161. The first-order valence-electron chi connectivity index (χ1n) is 6.22. The summed E-state index contributed by atoms with van der Waals surface area (Å²) in [6, 6.07) is 5.83. The number of carbonyl (C=O) groups excluding carboxylic acids is 1. The van der Waals surface area contributed by atoms with E-state index in [9.17, 15) is 14.9 Å². The molecule has 0 atom stereocenters. The fourth-order valence-electron chi connectivity index (χ4n) is 2.18. The van der Waals surface area contributed by atoms with Crippen LogP contribution in [0, 0.1) is 10.1 Å². The number of hydrogen-bond acceptors (Lipinski definition) is 3. The van der Waals surface area contributed by atoms with Gasteiger partial charge in [-0.05, 0) is 25.0 Å². The predicted molar refractivity (Wildman–Crippen MR) is 67.5 cm³/mol. The number of hydrogen-bond donors (Lipinski definition) is 0. The van der Waals surface area contributed by atoms with Crippen molar-refractivity contribution < 1.29 is 9.72 Å². The maximum absolute atomic E-state index is 12.2. The van der Waals surface area contributed by atoms with Gasteiger partial charge in [-0.25, -0.2) is 0 Å². The number of nitrogens with zero attached hydrogens (tertiary/aromatic N) is 2. The van der Waals surface area contributed by atoms with Gasteiger partial charge in [-0.3, -0.25) is 14.9 Å². The van der Waals surface area contributed by atoms with Gasteiger partial charge in [-0.1, -0.05) is 12.8 Å². The van der Waals surface area contributed by atoms with E-state index in [-0.39, 0.29) is 11.6 Å². The van der Waals surface area contributed by atoms with Crippen molar-refractivity contribution in [3.05, 3.63) is 39.9 Å². The monoisotopic (exact) mass is 248 g/mol. The van der Waals surface area contributed by atoms with E-state index < -0.39 is 4.92 Å². The van der Waals surface area contributed by atoms with E-state index in [1.807, 2.05) is 4.90 Å². The summed E-state index contributed by atoms with van der Waals surface area (Å²) >= 11 is 0. The van der Waals surface area contributed by atoms with Crippen molar-refractivity contribution in [1.82, 2.24) is 4.90 Å². The molecule has 1 amide bonds. The quantitative estimate of drug-likeness (QED) is 0.597. The lowest BCUT2D eigenvalue weighted by Gasteiger charge is -2.20. The number of rotatable bonds is 2. The Kier molecular flexibility index (Phi) is 3.92. The normalized spacial score (nSPS) is 16.1. The van der Waals surface area contributed by atoms with E-state index in [0.717, 1.165) is 25.9 Å². The van der Waals surface area contributed by atoms with E-state index in [4.69, 9.17) is 0 Å². The summed E-state index contributed by atoms with van der Waals surface area (Å²) < 4.78 is 0. The van der Waals surface area contributed by atoms with Crippen molar-refractivity contribution in [2.24, 2.45) is 0 Å². The number of likely N-dealkylation sites (tertiary alicyclic amines) is 1. The molecule has 1 fully saturated rings. The standard InChI is InChI=1S/C13H16N2O3/c16-13(14-9-3-1-2-4-10-14)11-5-7-12(8-6-11)15(17)18/h5-8H,1-4,9-10H2. The summed E-state index contributed by atoms with van der Waals surface area (Å²) in [5, 5.41) is 10.5. The molecule has 5 heteroatoms. The van der Waals surface area contributed by atoms with Gasteiger partial charge in [0.05, 0.1) is 4.92 Å². The Morgan fingerprint density at radius 3 is 2.11 bits per heavy atom. The van der Waals surface area contributed by atoms with Crippen LogP contribution in [0.1, 0.15) is 36.0 Å². The molecule has 0 N–H and O–H groups in total. The average Bonchev–Trinajstić information content (AvgIpc) is 2.67. The molecule has 5 nitrogen and oxygen atoms in total. The summed E-state index contributed by atoms with van der Waals surface area (Å²) in [7, 11) is 0. The largest absolute Gasteiger partial charge is 0.339 e. The second-order valence-electron chi connectivity index (χ2n) is 4.51. The third kappa shape index (κ3) is 2.85. The van der Waals surface area contributed by atoms with Crippen molar-refractivity contribution in [3.63, 3.8) is 0 Å². The molecule has 1 saturated heterocycles. The summed E-state index contributed by atoms with van der Waals surface area (Å²) in [6.45, 7) is 1.58. The van der Waals surface area contributed by atoms with Crippen LogP contribution >= 0.6 is 0 Å². The summed E-state index contributed by atoms with van der Waals surface area (Å²) in [4.78, 5) is 24.1. The number of nitro benzene ring substituents is 1. The molecular formula is C13H16N2O3.